The van der Waals surface area contributed by atoms with Crippen LogP contribution in [0.4, 0.5) is 0 Å². The molecule has 0 bridgehead atoms. The van der Waals surface area contributed by atoms with Gasteiger partial charge in [-0.05, 0) is 0 Å². The molecule has 0 fully saturated rings. The van der Waals surface area contributed by atoms with E-state index < -0.39 is 0 Å². The molecule has 39 valence electrons. The fraction of sp³-hybridized carbons (Fsp3) is 1.00. The van der Waals surface area contributed by atoms with Crippen molar-refractivity contribution in [1.29, 1.82) is 0 Å². The first kappa shape index (κ1) is 15.9. The summed E-state index contributed by atoms with van der Waals surface area (Å²) in [4.78, 5) is 0. The van der Waals surface area contributed by atoms with E-state index in [4.69, 9.17) is 0 Å². The summed E-state index contributed by atoms with van der Waals surface area (Å²) in [6.45, 7) is 4.33. The molecular weight excluding hydrogens is 116 g/mol. The Morgan fingerprint density at radius 1 is 1.17 bits per heavy atom. The van der Waals surface area contributed by atoms with Gasteiger partial charge in [0.25, 0.3) is 0 Å². The molecule has 0 rings (SSSR count). The maximum atomic E-state index is 2.17. The molecule has 0 aromatic rings. The number of rotatable bonds is 0. The van der Waals surface area contributed by atoms with Crippen LogP contribution in [0.2, 0.25) is 4.22 Å². The van der Waals surface area contributed by atoms with Gasteiger partial charge in [-0.3, -0.25) is 0 Å². The van der Waals surface area contributed by atoms with E-state index in [1.807, 2.05) is 0 Å². The van der Waals surface area contributed by atoms with Crippen LogP contribution in [0.1, 0.15) is 13.8 Å². The molecule has 6 heavy (non-hydrogen) atoms. The molecule has 4 N–H and O–H groups in total. The predicted molar refractivity (Wildman–Crippen MR) is 22.3 cm³/mol. The molecule has 0 aliphatic carbocycles. The normalized spacial score (nSPS) is 5.67. The molecule has 3 heteroatoms. The molecule has 0 spiro atoms. The summed E-state index contributed by atoms with van der Waals surface area (Å²) < 4.78 is 0.833. The Kier molecular flexibility index (Phi) is 24.3. The Hall–Kier alpha value is 0.634. The van der Waals surface area contributed by atoms with Gasteiger partial charge in [-0.25, -0.2) is 0 Å². The molecule has 0 aromatic carbocycles. The molecule has 0 unspecified atom stereocenters. The van der Waals surface area contributed by atoms with Crippen molar-refractivity contribution in [3.05, 3.63) is 0 Å². The number of hydrogen-bond donors (Lipinski definition) is 0. The van der Waals surface area contributed by atoms with Gasteiger partial charge in [0.15, 0.2) is 0 Å². The van der Waals surface area contributed by atoms with Crippen molar-refractivity contribution < 1.29 is 31.4 Å². The summed E-state index contributed by atoms with van der Waals surface area (Å²) >= 11 is 2.17. The maximum Gasteiger partial charge on any atom is -0.412 e. The average Bonchev–Trinajstić information content (AvgIpc) is 0.811. The van der Waals surface area contributed by atoms with Gasteiger partial charge >= 0.3 is 38.5 Å². The Bertz CT molecular complexity index is 13.5. The molecule has 0 atom stereocenters. The zero-order chi connectivity index (χ0) is 3.58. The van der Waals surface area contributed by atoms with Crippen LogP contribution < -0.4 is 0 Å². The molecule has 0 heterocycles. The summed E-state index contributed by atoms with van der Waals surface area (Å²) in [6.07, 6.45) is 0. The van der Waals surface area contributed by atoms with Crippen LogP contribution >= 0.6 is 0 Å². The van der Waals surface area contributed by atoms with E-state index in [1.54, 1.807) is 0 Å². The molecule has 2 nitrogen and oxygen atoms in total. The third-order valence-corrected chi connectivity index (χ3v) is 0. The van der Waals surface area contributed by atoms with Crippen LogP contribution in [0.25, 0.3) is 0 Å². The predicted octanol–water partition coefficient (Wildman–Crippen LogP) is -0.288. The second-order valence-corrected chi connectivity index (χ2v) is 2.96. The van der Waals surface area contributed by atoms with Gasteiger partial charge in [-0.2, -0.15) is 0 Å². The van der Waals surface area contributed by atoms with Crippen molar-refractivity contribution >= 4 is 0 Å². The van der Waals surface area contributed by atoms with Crippen molar-refractivity contribution in [1.82, 2.24) is 0 Å². The largest absolute Gasteiger partial charge is 0.412 e. The molecular formula is C3H11O2Ti. The average molecular weight is 127 g/mol. The fourth-order valence-corrected chi connectivity index (χ4v) is 0. The Morgan fingerprint density at radius 2 is 1.17 bits per heavy atom. The third-order valence-electron chi connectivity index (χ3n) is 0. The zero-order valence-corrected chi connectivity index (χ0v) is 5.64. The van der Waals surface area contributed by atoms with E-state index in [2.05, 4.69) is 34.3 Å². The van der Waals surface area contributed by atoms with E-state index in [0.717, 1.165) is 4.22 Å². The molecule has 0 aromatic heterocycles. The molecule has 0 aliphatic heterocycles. The molecule has 0 amide bonds. The molecule has 0 aliphatic rings. The summed E-state index contributed by atoms with van der Waals surface area (Å²) in [5, 5.41) is 0. The van der Waals surface area contributed by atoms with Crippen LogP contribution in [-0.2, 0) is 20.4 Å². The first-order valence-electron chi connectivity index (χ1n) is 1.44. The van der Waals surface area contributed by atoms with Crippen molar-refractivity contribution in [3.8, 4) is 0 Å². The molecule has 0 radical (unpaired) electrons. The van der Waals surface area contributed by atoms with Crippen molar-refractivity contribution in [2.75, 3.05) is 0 Å². The van der Waals surface area contributed by atoms with Gasteiger partial charge in [-0.1, -0.05) is 0 Å². The van der Waals surface area contributed by atoms with Crippen molar-refractivity contribution in [3.63, 3.8) is 0 Å². The minimum absolute atomic E-state index is 0. The summed E-state index contributed by atoms with van der Waals surface area (Å²) in [7, 11) is 0. The maximum absolute atomic E-state index is 2.17. The SMILES string of the molecule is C[CH](C)[Ti].O.O. The second-order valence-electron chi connectivity index (χ2n) is 1.15. The second kappa shape index (κ2) is 9.16. The van der Waals surface area contributed by atoms with Crippen LogP contribution in [-0.4, -0.2) is 11.0 Å². The van der Waals surface area contributed by atoms with E-state index in [1.165, 1.54) is 0 Å². The Balaban J connectivity index is -0.0000000450. The van der Waals surface area contributed by atoms with Gasteiger partial charge in [0.1, 0.15) is 0 Å². The Morgan fingerprint density at radius 3 is 1.17 bits per heavy atom. The van der Waals surface area contributed by atoms with E-state index in [9.17, 15) is 0 Å². The van der Waals surface area contributed by atoms with E-state index in [-0.39, 0.29) is 11.0 Å². The van der Waals surface area contributed by atoms with Crippen LogP contribution in [0.3, 0.4) is 0 Å². The van der Waals surface area contributed by atoms with Gasteiger partial charge in [-0.15, -0.1) is 0 Å². The molecule has 0 saturated heterocycles. The standard InChI is InChI=1S/C3H7.2H2O.Ti/c1-3-2;;;/h3H,1-2H3;2*1H2;. The van der Waals surface area contributed by atoms with Gasteiger partial charge in [0.05, 0.1) is 0 Å². The Labute approximate surface area is 50.0 Å². The molecule has 0 saturated carbocycles. The van der Waals surface area contributed by atoms with Gasteiger partial charge in [0.2, 0.25) is 0 Å². The summed E-state index contributed by atoms with van der Waals surface area (Å²) in [5.41, 5.74) is 0. The summed E-state index contributed by atoms with van der Waals surface area (Å²) in [6, 6.07) is 0. The smallest absolute Gasteiger partial charge is 0.412 e. The van der Waals surface area contributed by atoms with Crippen LogP contribution in [0, 0.1) is 0 Å². The quantitative estimate of drug-likeness (QED) is 0.401. The topological polar surface area (TPSA) is 63.0 Å². The van der Waals surface area contributed by atoms with Crippen LogP contribution in [0.5, 0.6) is 0 Å². The summed E-state index contributed by atoms with van der Waals surface area (Å²) in [5.74, 6) is 0. The minimum atomic E-state index is 0. The monoisotopic (exact) mass is 127 g/mol. The minimum Gasteiger partial charge on any atom is -0.412 e. The van der Waals surface area contributed by atoms with E-state index in [0.29, 0.717) is 0 Å². The fourth-order valence-electron chi connectivity index (χ4n) is 0. The first-order valence-corrected chi connectivity index (χ1v) is 2.34. The van der Waals surface area contributed by atoms with Crippen LogP contribution in [0.15, 0.2) is 0 Å². The first-order chi connectivity index (χ1) is 1.73. The van der Waals surface area contributed by atoms with Gasteiger partial charge < -0.3 is 11.0 Å². The van der Waals surface area contributed by atoms with Crippen molar-refractivity contribution in [2.24, 2.45) is 0 Å². The third kappa shape index (κ3) is 152. The van der Waals surface area contributed by atoms with Crippen molar-refractivity contribution in [2.45, 2.75) is 18.1 Å². The zero-order valence-electron chi connectivity index (χ0n) is 4.08. The van der Waals surface area contributed by atoms with Gasteiger partial charge in [0, 0.05) is 0 Å². The van der Waals surface area contributed by atoms with E-state index >= 15 is 0 Å². The number of hydrogen-bond acceptors (Lipinski definition) is 0.